The van der Waals surface area contributed by atoms with Crippen molar-refractivity contribution in [1.82, 2.24) is 5.32 Å². The van der Waals surface area contributed by atoms with Crippen LogP contribution in [0.3, 0.4) is 0 Å². The zero-order valence-corrected chi connectivity index (χ0v) is 12.0. The third-order valence-corrected chi connectivity index (χ3v) is 3.99. The molecule has 1 heterocycles. The Labute approximate surface area is 112 Å². The van der Waals surface area contributed by atoms with Crippen LogP contribution in [0.2, 0.25) is 0 Å². The largest absolute Gasteiger partial charge is 0.311 e. The van der Waals surface area contributed by atoms with E-state index in [-0.39, 0.29) is 0 Å². The number of benzene rings is 1. The van der Waals surface area contributed by atoms with Gasteiger partial charge in [-0.25, -0.2) is 4.39 Å². The molecule has 2 aromatic rings. The van der Waals surface area contributed by atoms with E-state index < -0.39 is 5.67 Å². The predicted octanol–water partition coefficient (Wildman–Crippen LogP) is 4.17. The first kappa shape index (κ1) is 13.5. The Hall–Kier alpha value is -0.930. The van der Waals surface area contributed by atoms with Crippen LogP contribution in [0.5, 0.6) is 0 Å². The maximum absolute atomic E-state index is 13.4. The molecule has 0 radical (unpaired) electrons. The van der Waals surface area contributed by atoms with E-state index in [1.807, 2.05) is 11.3 Å². The SMILES string of the molecule is CC(Cc1cc2ccccc2s1)NCC(C)(C)F. The summed E-state index contributed by atoms with van der Waals surface area (Å²) in [6.07, 6.45) is 0.954. The summed E-state index contributed by atoms with van der Waals surface area (Å²) in [6.45, 7) is 5.72. The molecule has 1 N–H and O–H groups in total. The molecule has 1 aromatic carbocycles. The van der Waals surface area contributed by atoms with Crippen molar-refractivity contribution >= 4 is 21.4 Å². The summed E-state index contributed by atoms with van der Waals surface area (Å²) in [5.74, 6) is 0. The molecule has 3 heteroatoms. The Morgan fingerprint density at radius 2 is 2.06 bits per heavy atom. The maximum atomic E-state index is 13.4. The highest BCUT2D eigenvalue weighted by Crippen LogP contribution is 2.26. The summed E-state index contributed by atoms with van der Waals surface area (Å²) < 4.78 is 14.7. The van der Waals surface area contributed by atoms with Crippen molar-refractivity contribution in [1.29, 1.82) is 0 Å². The second kappa shape index (κ2) is 5.37. The van der Waals surface area contributed by atoms with Crippen molar-refractivity contribution < 1.29 is 4.39 Å². The van der Waals surface area contributed by atoms with E-state index in [1.165, 1.54) is 15.0 Å². The van der Waals surface area contributed by atoms with Gasteiger partial charge < -0.3 is 5.32 Å². The number of hydrogen-bond donors (Lipinski definition) is 1. The summed E-state index contributed by atoms with van der Waals surface area (Å²) >= 11 is 1.83. The van der Waals surface area contributed by atoms with E-state index >= 15 is 0 Å². The summed E-state index contributed by atoms with van der Waals surface area (Å²) in [5.41, 5.74) is -1.14. The fourth-order valence-corrected chi connectivity index (χ4v) is 3.12. The molecule has 2 rings (SSSR count). The van der Waals surface area contributed by atoms with Crippen molar-refractivity contribution in [3.05, 3.63) is 35.2 Å². The highest BCUT2D eigenvalue weighted by molar-refractivity contribution is 7.19. The maximum Gasteiger partial charge on any atom is 0.117 e. The number of nitrogens with one attached hydrogen (secondary N) is 1. The average Bonchev–Trinajstić information content (AvgIpc) is 2.67. The molecular formula is C15H20FNS. The van der Waals surface area contributed by atoms with Crippen LogP contribution in [0.15, 0.2) is 30.3 Å². The molecule has 1 aromatic heterocycles. The molecule has 0 aliphatic rings. The Kier molecular flexibility index (Phi) is 4.03. The van der Waals surface area contributed by atoms with Crippen molar-refractivity contribution in [2.45, 2.75) is 38.9 Å². The summed E-state index contributed by atoms with van der Waals surface area (Å²) in [6, 6.07) is 10.9. The summed E-state index contributed by atoms with van der Waals surface area (Å²) in [5, 5.41) is 4.55. The van der Waals surface area contributed by atoms with Crippen LogP contribution in [0, 0.1) is 0 Å². The van der Waals surface area contributed by atoms with Crippen LogP contribution in [0.4, 0.5) is 4.39 Å². The number of thiophene rings is 1. The minimum absolute atomic E-state index is 0.299. The minimum atomic E-state index is -1.14. The van der Waals surface area contributed by atoms with Gasteiger partial charge in [-0.15, -0.1) is 11.3 Å². The fraction of sp³-hybridized carbons (Fsp3) is 0.467. The van der Waals surface area contributed by atoms with Gasteiger partial charge >= 0.3 is 0 Å². The molecule has 0 fully saturated rings. The average molecular weight is 265 g/mol. The fourth-order valence-electron chi connectivity index (χ4n) is 1.93. The van der Waals surface area contributed by atoms with Crippen molar-refractivity contribution in [3.8, 4) is 0 Å². The molecule has 18 heavy (non-hydrogen) atoms. The van der Waals surface area contributed by atoms with Crippen LogP contribution in [0.25, 0.3) is 10.1 Å². The van der Waals surface area contributed by atoms with Gasteiger partial charge in [0.2, 0.25) is 0 Å². The molecule has 0 saturated carbocycles. The molecule has 1 unspecified atom stereocenters. The van der Waals surface area contributed by atoms with Crippen LogP contribution in [0.1, 0.15) is 25.6 Å². The first-order valence-electron chi connectivity index (χ1n) is 6.34. The quantitative estimate of drug-likeness (QED) is 0.855. The zero-order chi connectivity index (χ0) is 13.2. The molecule has 98 valence electrons. The molecule has 0 aliphatic carbocycles. The van der Waals surface area contributed by atoms with Gasteiger partial charge in [-0.3, -0.25) is 0 Å². The highest BCUT2D eigenvalue weighted by atomic mass is 32.1. The van der Waals surface area contributed by atoms with E-state index in [0.29, 0.717) is 12.6 Å². The third-order valence-electron chi connectivity index (χ3n) is 2.85. The molecule has 0 spiro atoms. The van der Waals surface area contributed by atoms with Crippen LogP contribution < -0.4 is 5.32 Å². The Morgan fingerprint density at radius 3 is 2.72 bits per heavy atom. The standard InChI is InChI=1S/C15H20FNS/c1-11(17-10-15(2,3)16)8-13-9-12-6-4-5-7-14(12)18-13/h4-7,9,11,17H,8,10H2,1-3H3. The van der Waals surface area contributed by atoms with E-state index in [9.17, 15) is 4.39 Å². The summed E-state index contributed by atoms with van der Waals surface area (Å²) in [7, 11) is 0. The van der Waals surface area contributed by atoms with E-state index in [1.54, 1.807) is 13.8 Å². The first-order chi connectivity index (χ1) is 8.44. The lowest BCUT2D eigenvalue weighted by Crippen LogP contribution is -2.37. The number of rotatable bonds is 5. The van der Waals surface area contributed by atoms with Gasteiger partial charge in [-0.2, -0.15) is 0 Å². The van der Waals surface area contributed by atoms with Gasteiger partial charge in [-0.05, 0) is 44.7 Å². The molecule has 0 amide bonds. The highest BCUT2D eigenvalue weighted by Gasteiger charge is 2.16. The van der Waals surface area contributed by atoms with Gasteiger partial charge in [0, 0.05) is 22.2 Å². The summed E-state index contributed by atoms with van der Waals surface area (Å²) in [4.78, 5) is 1.35. The topological polar surface area (TPSA) is 12.0 Å². The van der Waals surface area contributed by atoms with Gasteiger partial charge in [0.25, 0.3) is 0 Å². The lowest BCUT2D eigenvalue weighted by atomic mass is 10.1. The van der Waals surface area contributed by atoms with Gasteiger partial charge in [0.15, 0.2) is 0 Å². The zero-order valence-electron chi connectivity index (χ0n) is 11.2. The lowest BCUT2D eigenvalue weighted by molar-refractivity contribution is 0.204. The Balaban J connectivity index is 1.96. The van der Waals surface area contributed by atoms with Gasteiger partial charge in [0.1, 0.15) is 5.67 Å². The second-order valence-corrected chi connectivity index (χ2v) is 6.62. The minimum Gasteiger partial charge on any atom is -0.311 e. The normalized spacial score (nSPS) is 14.0. The molecule has 0 saturated heterocycles. The Bertz CT molecular complexity index is 479. The third kappa shape index (κ3) is 3.79. The molecule has 0 aliphatic heterocycles. The molecule has 0 bridgehead atoms. The van der Waals surface area contributed by atoms with E-state index in [2.05, 4.69) is 42.6 Å². The predicted molar refractivity (Wildman–Crippen MR) is 78.2 cm³/mol. The first-order valence-corrected chi connectivity index (χ1v) is 7.15. The Morgan fingerprint density at radius 1 is 1.33 bits per heavy atom. The van der Waals surface area contributed by atoms with Crippen molar-refractivity contribution in [2.24, 2.45) is 0 Å². The van der Waals surface area contributed by atoms with Crippen LogP contribution in [-0.4, -0.2) is 18.3 Å². The number of hydrogen-bond acceptors (Lipinski definition) is 2. The van der Waals surface area contributed by atoms with E-state index in [0.717, 1.165) is 6.42 Å². The van der Waals surface area contributed by atoms with Crippen LogP contribution in [-0.2, 0) is 6.42 Å². The molecule has 1 atom stereocenters. The lowest BCUT2D eigenvalue weighted by Gasteiger charge is -2.19. The smallest absolute Gasteiger partial charge is 0.117 e. The van der Waals surface area contributed by atoms with Gasteiger partial charge in [0.05, 0.1) is 0 Å². The second-order valence-electron chi connectivity index (χ2n) is 5.46. The van der Waals surface area contributed by atoms with Crippen LogP contribution >= 0.6 is 11.3 Å². The number of fused-ring (bicyclic) bond motifs is 1. The molecule has 1 nitrogen and oxygen atoms in total. The van der Waals surface area contributed by atoms with E-state index in [4.69, 9.17) is 0 Å². The monoisotopic (exact) mass is 265 g/mol. The number of alkyl halides is 1. The van der Waals surface area contributed by atoms with Crippen molar-refractivity contribution in [3.63, 3.8) is 0 Å². The number of halogens is 1. The molecular weight excluding hydrogens is 245 g/mol. The van der Waals surface area contributed by atoms with Crippen molar-refractivity contribution in [2.75, 3.05) is 6.54 Å². The van der Waals surface area contributed by atoms with Gasteiger partial charge in [-0.1, -0.05) is 18.2 Å².